The number of anilines is 1. The monoisotopic (exact) mass is 260 g/mol. The second kappa shape index (κ2) is 6.09. The van der Waals surface area contributed by atoms with Crippen LogP contribution < -0.4 is 5.32 Å². The first-order valence-electron chi connectivity index (χ1n) is 7.26. The minimum absolute atomic E-state index is 0.151. The Bertz CT molecular complexity index is 438. The van der Waals surface area contributed by atoms with Crippen molar-refractivity contribution in [3.05, 3.63) is 29.8 Å². The van der Waals surface area contributed by atoms with Crippen LogP contribution in [0.15, 0.2) is 24.3 Å². The van der Waals surface area contributed by atoms with Gasteiger partial charge in [-0.3, -0.25) is 4.79 Å². The predicted octanol–water partition coefficient (Wildman–Crippen LogP) is 3.38. The normalized spacial score (nSPS) is 14.5. The zero-order valence-electron chi connectivity index (χ0n) is 12.1. The number of carbonyl (C=O) groups excluding carboxylic acids is 1. The lowest BCUT2D eigenvalue weighted by atomic mass is 10.1. The Morgan fingerprint density at radius 1 is 1.37 bits per heavy atom. The van der Waals surface area contributed by atoms with Gasteiger partial charge in [0, 0.05) is 24.8 Å². The Morgan fingerprint density at radius 2 is 2.05 bits per heavy atom. The zero-order valence-corrected chi connectivity index (χ0v) is 12.1. The number of rotatable bonds is 6. The van der Waals surface area contributed by atoms with Gasteiger partial charge in [-0.05, 0) is 51.7 Å². The molecular weight excluding hydrogens is 236 g/mol. The van der Waals surface area contributed by atoms with Crippen molar-refractivity contribution in [1.82, 2.24) is 4.90 Å². The average molecular weight is 260 g/mol. The molecule has 1 fully saturated rings. The van der Waals surface area contributed by atoms with Crippen molar-refractivity contribution in [2.75, 3.05) is 18.4 Å². The van der Waals surface area contributed by atoms with Crippen molar-refractivity contribution in [2.45, 2.75) is 39.7 Å². The summed E-state index contributed by atoms with van der Waals surface area (Å²) in [6.45, 7) is 7.92. The quantitative estimate of drug-likeness (QED) is 0.850. The molecular formula is C16H24N2O. The van der Waals surface area contributed by atoms with Crippen LogP contribution in [0, 0.1) is 5.92 Å². The highest BCUT2D eigenvalue weighted by Gasteiger charge is 2.27. The van der Waals surface area contributed by atoms with Crippen LogP contribution in [0.1, 0.15) is 44.0 Å². The third kappa shape index (κ3) is 3.72. The molecule has 3 nitrogen and oxygen atoms in total. The molecule has 1 saturated carbocycles. The fraction of sp³-hybridized carbons (Fsp3) is 0.562. The molecule has 0 radical (unpaired) electrons. The second-order valence-corrected chi connectivity index (χ2v) is 5.63. The molecule has 0 bridgehead atoms. The third-order valence-corrected chi connectivity index (χ3v) is 3.45. The van der Waals surface area contributed by atoms with E-state index in [9.17, 15) is 4.79 Å². The van der Waals surface area contributed by atoms with Crippen LogP contribution in [0.3, 0.4) is 0 Å². The first-order chi connectivity index (χ1) is 9.11. The highest BCUT2D eigenvalue weighted by atomic mass is 16.2. The Morgan fingerprint density at radius 3 is 2.63 bits per heavy atom. The van der Waals surface area contributed by atoms with E-state index < -0.39 is 0 Å². The maximum Gasteiger partial charge on any atom is 0.255 e. The van der Waals surface area contributed by atoms with Crippen LogP contribution in [0.5, 0.6) is 0 Å². The van der Waals surface area contributed by atoms with Gasteiger partial charge >= 0.3 is 0 Å². The summed E-state index contributed by atoms with van der Waals surface area (Å²) in [5.41, 5.74) is 1.73. The maximum absolute atomic E-state index is 12.6. The average Bonchev–Trinajstić information content (AvgIpc) is 3.19. The van der Waals surface area contributed by atoms with Crippen molar-refractivity contribution in [1.29, 1.82) is 0 Å². The molecule has 0 aromatic heterocycles. The molecule has 2 rings (SSSR count). The highest BCUT2D eigenvalue weighted by molar-refractivity contribution is 5.99. The van der Waals surface area contributed by atoms with Gasteiger partial charge in [0.2, 0.25) is 0 Å². The molecule has 1 N–H and O–H groups in total. The van der Waals surface area contributed by atoms with E-state index >= 15 is 0 Å². The summed E-state index contributed by atoms with van der Waals surface area (Å²) in [7, 11) is 0. The number of para-hydroxylation sites is 1. The van der Waals surface area contributed by atoms with E-state index in [1.165, 1.54) is 12.8 Å². The molecule has 0 saturated heterocycles. The van der Waals surface area contributed by atoms with E-state index in [4.69, 9.17) is 0 Å². The second-order valence-electron chi connectivity index (χ2n) is 5.63. The minimum atomic E-state index is 0.151. The Kier molecular flexibility index (Phi) is 4.46. The number of benzene rings is 1. The summed E-state index contributed by atoms with van der Waals surface area (Å²) >= 11 is 0. The molecule has 0 unspecified atom stereocenters. The molecule has 1 aromatic rings. The van der Waals surface area contributed by atoms with Gasteiger partial charge in [-0.25, -0.2) is 0 Å². The molecule has 1 aromatic carbocycles. The van der Waals surface area contributed by atoms with Crippen molar-refractivity contribution in [3.63, 3.8) is 0 Å². The number of hydrogen-bond acceptors (Lipinski definition) is 2. The Balaban J connectivity index is 2.16. The summed E-state index contributed by atoms with van der Waals surface area (Å²) in [6.07, 6.45) is 2.55. The van der Waals surface area contributed by atoms with Gasteiger partial charge in [0.25, 0.3) is 5.91 Å². The van der Waals surface area contributed by atoms with Gasteiger partial charge in [0.15, 0.2) is 0 Å². The van der Waals surface area contributed by atoms with E-state index in [1.54, 1.807) is 0 Å². The first kappa shape index (κ1) is 13.9. The largest absolute Gasteiger partial charge is 0.382 e. The van der Waals surface area contributed by atoms with E-state index in [1.807, 2.05) is 29.2 Å². The predicted molar refractivity (Wildman–Crippen MR) is 79.5 cm³/mol. The van der Waals surface area contributed by atoms with Crippen molar-refractivity contribution >= 4 is 11.6 Å². The first-order valence-corrected chi connectivity index (χ1v) is 7.26. The molecule has 1 amide bonds. The molecule has 19 heavy (non-hydrogen) atoms. The zero-order chi connectivity index (χ0) is 13.8. The molecule has 0 atom stereocenters. The number of nitrogens with zero attached hydrogens (tertiary/aromatic N) is 1. The summed E-state index contributed by atoms with van der Waals surface area (Å²) in [4.78, 5) is 14.6. The van der Waals surface area contributed by atoms with Crippen LogP contribution in [0.2, 0.25) is 0 Å². The summed E-state index contributed by atoms with van der Waals surface area (Å²) in [5.74, 6) is 0.882. The SMILES string of the molecule is CCN(CC1CC1)C(=O)c1ccccc1NC(C)C. The molecule has 1 aliphatic rings. The minimum Gasteiger partial charge on any atom is -0.382 e. The van der Waals surface area contributed by atoms with E-state index in [0.717, 1.165) is 30.3 Å². The van der Waals surface area contributed by atoms with Crippen LogP contribution in [0.4, 0.5) is 5.69 Å². The van der Waals surface area contributed by atoms with E-state index in [-0.39, 0.29) is 5.91 Å². The van der Waals surface area contributed by atoms with Crippen molar-refractivity contribution < 1.29 is 4.79 Å². The maximum atomic E-state index is 12.6. The van der Waals surface area contributed by atoms with Crippen molar-refractivity contribution in [2.24, 2.45) is 5.92 Å². The number of carbonyl (C=O) groups is 1. The van der Waals surface area contributed by atoms with Gasteiger partial charge in [0.1, 0.15) is 0 Å². The van der Waals surface area contributed by atoms with Crippen LogP contribution in [-0.4, -0.2) is 29.9 Å². The fourth-order valence-corrected chi connectivity index (χ4v) is 2.24. The lowest BCUT2D eigenvalue weighted by Gasteiger charge is -2.23. The molecule has 104 valence electrons. The Labute approximate surface area is 116 Å². The summed E-state index contributed by atoms with van der Waals surface area (Å²) in [5, 5.41) is 3.35. The van der Waals surface area contributed by atoms with Crippen LogP contribution in [-0.2, 0) is 0 Å². The summed E-state index contributed by atoms with van der Waals surface area (Å²) in [6, 6.07) is 8.14. The van der Waals surface area contributed by atoms with Crippen molar-refractivity contribution in [3.8, 4) is 0 Å². The number of amides is 1. The van der Waals surface area contributed by atoms with Gasteiger partial charge in [-0.1, -0.05) is 12.1 Å². The topological polar surface area (TPSA) is 32.3 Å². The Hall–Kier alpha value is -1.51. The van der Waals surface area contributed by atoms with Gasteiger partial charge in [-0.15, -0.1) is 0 Å². The third-order valence-electron chi connectivity index (χ3n) is 3.45. The lowest BCUT2D eigenvalue weighted by Crippen LogP contribution is -2.33. The fourth-order valence-electron chi connectivity index (χ4n) is 2.24. The highest BCUT2D eigenvalue weighted by Crippen LogP contribution is 2.30. The molecule has 1 aliphatic carbocycles. The molecule has 0 heterocycles. The lowest BCUT2D eigenvalue weighted by molar-refractivity contribution is 0.0758. The smallest absolute Gasteiger partial charge is 0.255 e. The molecule has 0 aliphatic heterocycles. The molecule has 0 spiro atoms. The van der Waals surface area contributed by atoms with Gasteiger partial charge in [-0.2, -0.15) is 0 Å². The standard InChI is InChI=1S/C16H24N2O/c1-4-18(11-13-9-10-13)16(19)14-7-5-6-8-15(14)17-12(2)3/h5-8,12-13,17H,4,9-11H2,1-3H3. The number of hydrogen-bond donors (Lipinski definition) is 1. The molecule has 3 heteroatoms. The van der Waals surface area contributed by atoms with E-state index in [0.29, 0.717) is 6.04 Å². The van der Waals surface area contributed by atoms with Crippen LogP contribution >= 0.6 is 0 Å². The summed E-state index contributed by atoms with van der Waals surface area (Å²) < 4.78 is 0. The van der Waals surface area contributed by atoms with Gasteiger partial charge in [0.05, 0.1) is 5.56 Å². The number of nitrogens with one attached hydrogen (secondary N) is 1. The van der Waals surface area contributed by atoms with Gasteiger partial charge < -0.3 is 10.2 Å². The van der Waals surface area contributed by atoms with Crippen LogP contribution in [0.25, 0.3) is 0 Å². The van der Waals surface area contributed by atoms with E-state index in [2.05, 4.69) is 26.1 Å².